The van der Waals surface area contributed by atoms with Crippen LogP contribution in [0.15, 0.2) is 18.2 Å². The van der Waals surface area contributed by atoms with E-state index in [1.807, 2.05) is 39.0 Å². The summed E-state index contributed by atoms with van der Waals surface area (Å²) in [5.74, 6) is -0.171. The molecule has 0 fully saturated rings. The smallest absolute Gasteiger partial charge is 0.324 e. The van der Waals surface area contributed by atoms with E-state index in [9.17, 15) is 4.79 Å². The summed E-state index contributed by atoms with van der Waals surface area (Å²) < 4.78 is 5.52. The number of aliphatic carboxylic acids is 1. The minimum Gasteiger partial charge on any atom is -0.491 e. The Morgan fingerprint density at radius 1 is 1.39 bits per heavy atom. The maximum Gasteiger partial charge on any atom is 0.324 e. The van der Waals surface area contributed by atoms with Gasteiger partial charge in [-0.1, -0.05) is 13.0 Å². The second-order valence-corrected chi connectivity index (χ2v) is 4.40. The highest BCUT2D eigenvalue weighted by Crippen LogP contribution is 2.16. The predicted molar refractivity (Wildman–Crippen MR) is 71.1 cm³/mol. The zero-order chi connectivity index (χ0) is 13.5. The average molecular weight is 251 g/mol. The van der Waals surface area contributed by atoms with E-state index in [-0.39, 0.29) is 6.61 Å². The first-order valence-electron chi connectivity index (χ1n) is 6.20. The van der Waals surface area contributed by atoms with Crippen molar-refractivity contribution >= 4 is 5.97 Å². The number of benzene rings is 1. The molecule has 0 amide bonds. The molecule has 0 heterocycles. The van der Waals surface area contributed by atoms with Crippen LogP contribution in [0.3, 0.4) is 0 Å². The maximum atomic E-state index is 11.0. The normalized spacial score (nSPS) is 12.2. The number of carboxylic acids is 1. The summed E-state index contributed by atoms with van der Waals surface area (Å²) in [6.07, 6.45) is 0.896. The van der Waals surface area contributed by atoms with Gasteiger partial charge in [-0.05, 0) is 50.1 Å². The van der Waals surface area contributed by atoms with Gasteiger partial charge in [-0.15, -0.1) is 0 Å². The van der Waals surface area contributed by atoms with Crippen molar-refractivity contribution in [2.75, 3.05) is 13.2 Å². The van der Waals surface area contributed by atoms with Gasteiger partial charge in [0, 0.05) is 0 Å². The van der Waals surface area contributed by atoms with Crippen LogP contribution in [0.25, 0.3) is 0 Å². The molecule has 0 aliphatic rings. The Kier molecular flexibility index (Phi) is 5.65. The Hall–Kier alpha value is -1.55. The van der Waals surface area contributed by atoms with E-state index in [0.29, 0.717) is 12.3 Å². The van der Waals surface area contributed by atoms with E-state index in [1.165, 1.54) is 5.56 Å². The molecule has 2 N–H and O–H groups in total. The molecule has 0 bridgehead atoms. The molecule has 1 unspecified atom stereocenters. The predicted octanol–water partition coefficient (Wildman–Crippen LogP) is 2.14. The fourth-order valence-corrected chi connectivity index (χ4v) is 1.52. The number of ether oxygens (including phenoxy) is 1. The van der Waals surface area contributed by atoms with Crippen molar-refractivity contribution in [3.05, 3.63) is 29.3 Å². The highest BCUT2D eigenvalue weighted by Gasteiger charge is 2.16. The van der Waals surface area contributed by atoms with Gasteiger partial charge in [-0.25, -0.2) is 0 Å². The van der Waals surface area contributed by atoms with Crippen molar-refractivity contribution in [1.29, 1.82) is 0 Å². The van der Waals surface area contributed by atoms with Gasteiger partial charge in [-0.3, -0.25) is 4.79 Å². The largest absolute Gasteiger partial charge is 0.491 e. The Labute approximate surface area is 108 Å². The van der Waals surface area contributed by atoms with Crippen LogP contribution in [0.4, 0.5) is 0 Å². The second-order valence-electron chi connectivity index (χ2n) is 4.40. The first-order chi connectivity index (χ1) is 8.54. The summed E-state index contributed by atoms with van der Waals surface area (Å²) in [7, 11) is 0. The number of hydrogen-bond acceptors (Lipinski definition) is 3. The van der Waals surface area contributed by atoms with Crippen LogP contribution in [0, 0.1) is 13.8 Å². The molecule has 0 saturated carbocycles. The summed E-state index contributed by atoms with van der Waals surface area (Å²) in [6.45, 7) is 6.84. The lowest BCUT2D eigenvalue weighted by Crippen LogP contribution is -2.41. The van der Waals surface area contributed by atoms with Crippen molar-refractivity contribution in [3.8, 4) is 5.75 Å². The Morgan fingerprint density at radius 2 is 2.11 bits per heavy atom. The third-order valence-corrected chi connectivity index (χ3v) is 2.83. The third kappa shape index (κ3) is 4.37. The van der Waals surface area contributed by atoms with Gasteiger partial charge in [-0.2, -0.15) is 0 Å². The van der Waals surface area contributed by atoms with Crippen molar-refractivity contribution in [2.24, 2.45) is 0 Å². The molecule has 0 radical (unpaired) electrons. The van der Waals surface area contributed by atoms with E-state index in [0.717, 1.165) is 12.0 Å². The highest BCUT2D eigenvalue weighted by molar-refractivity contribution is 5.73. The van der Waals surface area contributed by atoms with Gasteiger partial charge >= 0.3 is 5.97 Å². The molecule has 0 aliphatic heterocycles. The summed E-state index contributed by atoms with van der Waals surface area (Å²) in [6, 6.07) is 5.10. The topological polar surface area (TPSA) is 58.6 Å². The quantitative estimate of drug-likeness (QED) is 0.779. The maximum absolute atomic E-state index is 11.0. The number of carboxylic acid groups (broad SMARTS) is 1. The van der Waals surface area contributed by atoms with E-state index in [1.54, 1.807) is 0 Å². The van der Waals surface area contributed by atoms with E-state index in [2.05, 4.69) is 5.32 Å². The number of rotatable bonds is 7. The van der Waals surface area contributed by atoms with E-state index >= 15 is 0 Å². The first kappa shape index (κ1) is 14.5. The van der Waals surface area contributed by atoms with Crippen LogP contribution in [0.2, 0.25) is 0 Å². The number of carbonyl (C=O) groups is 1. The number of nitrogens with one attached hydrogen (secondary N) is 1. The lowest BCUT2D eigenvalue weighted by atomic mass is 10.1. The zero-order valence-corrected chi connectivity index (χ0v) is 11.2. The van der Waals surface area contributed by atoms with Gasteiger partial charge in [0.05, 0.1) is 0 Å². The van der Waals surface area contributed by atoms with Crippen LogP contribution in [-0.4, -0.2) is 30.3 Å². The number of hydrogen-bond donors (Lipinski definition) is 2. The van der Waals surface area contributed by atoms with E-state index < -0.39 is 12.0 Å². The van der Waals surface area contributed by atoms with Crippen molar-refractivity contribution < 1.29 is 14.6 Å². The molecular weight excluding hydrogens is 230 g/mol. The Bertz CT molecular complexity index is 404. The van der Waals surface area contributed by atoms with Crippen molar-refractivity contribution in [1.82, 2.24) is 5.32 Å². The second kappa shape index (κ2) is 7.01. The molecule has 18 heavy (non-hydrogen) atoms. The van der Waals surface area contributed by atoms with Crippen LogP contribution in [-0.2, 0) is 4.79 Å². The summed E-state index contributed by atoms with van der Waals surface area (Å²) in [5.41, 5.74) is 2.34. The zero-order valence-electron chi connectivity index (χ0n) is 11.2. The summed E-state index contributed by atoms with van der Waals surface area (Å²) in [4.78, 5) is 11.0. The molecular formula is C14H21NO3. The minimum absolute atomic E-state index is 0.137. The van der Waals surface area contributed by atoms with E-state index in [4.69, 9.17) is 9.84 Å². The lowest BCUT2D eigenvalue weighted by molar-refractivity contribution is -0.140. The minimum atomic E-state index is -0.882. The van der Waals surface area contributed by atoms with Gasteiger partial charge < -0.3 is 15.2 Å². The molecule has 4 heteroatoms. The standard InChI is InChI=1S/C14H21NO3/c1-4-7-15-13(14(16)17)9-18-12-6-5-10(2)11(3)8-12/h5-6,8,13,15H,4,7,9H2,1-3H3,(H,16,17). The van der Waals surface area contributed by atoms with Crippen LogP contribution in [0.5, 0.6) is 5.75 Å². The SMILES string of the molecule is CCCNC(COc1ccc(C)c(C)c1)C(=O)O. The average Bonchev–Trinajstić information content (AvgIpc) is 2.33. The monoisotopic (exact) mass is 251 g/mol. The molecule has 0 spiro atoms. The Morgan fingerprint density at radius 3 is 2.67 bits per heavy atom. The van der Waals surface area contributed by atoms with Gasteiger partial charge in [0.2, 0.25) is 0 Å². The van der Waals surface area contributed by atoms with Crippen LogP contribution >= 0.6 is 0 Å². The molecule has 100 valence electrons. The highest BCUT2D eigenvalue weighted by atomic mass is 16.5. The lowest BCUT2D eigenvalue weighted by Gasteiger charge is -2.15. The van der Waals surface area contributed by atoms with Gasteiger partial charge in [0.15, 0.2) is 0 Å². The molecule has 1 rings (SSSR count). The number of aryl methyl sites for hydroxylation is 2. The fourth-order valence-electron chi connectivity index (χ4n) is 1.52. The van der Waals surface area contributed by atoms with Crippen LogP contribution < -0.4 is 10.1 Å². The van der Waals surface area contributed by atoms with Crippen molar-refractivity contribution in [3.63, 3.8) is 0 Å². The molecule has 4 nitrogen and oxygen atoms in total. The summed E-state index contributed by atoms with van der Waals surface area (Å²) >= 11 is 0. The molecule has 1 atom stereocenters. The van der Waals surface area contributed by atoms with Crippen LogP contribution in [0.1, 0.15) is 24.5 Å². The molecule has 1 aromatic rings. The van der Waals surface area contributed by atoms with Gasteiger partial charge in [0.1, 0.15) is 18.4 Å². The third-order valence-electron chi connectivity index (χ3n) is 2.83. The summed E-state index contributed by atoms with van der Waals surface area (Å²) in [5, 5.41) is 12.0. The molecule has 1 aromatic carbocycles. The molecule has 0 saturated heterocycles. The van der Waals surface area contributed by atoms with Gasteiger partial charge in [0.25, 0.3) is 0 Å². The first-order valence-corrected chi connectivity index (χ1v) is 6.20. The molecule has 0 aliphatic carbocycles. The molecule has 0 aromatic heterocycles. The van der Waals surface area contributed by atoms with Crippen molar-refractivity contribution in [2.45, 2.75) is 33.2 Å². The fraction of sp³-hybridized carbons (Fsp3) is 0.500. The Balaban J connectivity index is 2.55.